The quantitative estimate of drug-likeness (QED) is 0.768. The first kappa shape index (κ1) is 14.7. The second-order valence-corrected chi connectivity index (χ2v) is 5.89. The van der Waals surface area contributed by atoms with Gasteiger partial charge in [-0.05, 0) is 25.2 Å². The molecule has 1 aromatic rings. The van der Waals surface area contributed by atoms with Crippen molar-refractivity contribution in [3.63, 3.8) is 0 Å². The predicted octanol–water partition coefficient (Wildman–Crippen LogP) is 1.72. The van der Waals surface area contributed by atoms with Crippen molar-refractivity contribution in [2.45, 2.75) is 32.6 Å². The molecule has 3 N–H and O–H groups in total. The van der Waals surface area contributed by atoms with Crippen molar-refractivity contribution < 1.29 is 14.7 Å². The van der Waals surface area contributed by atoms with E-state index < -0.39 is 5.97 Å². The number of carbonyl (C=O) groups is 2. The van der Waals surface area contributed by atoms with Crippen LogP contribution < -0.4 is 10.6 Å². The van der Waals surface area contributed by atoms with Crippen molar-refractivity contribution in [3.8, 4) is 0 Å². The Hall–Kier alpha value is -1.70. The lowest BCUT2D eigenvalue weighted by Gasteiger charge is -2.16. The van der Waals surface area contributed by atoms with E-state index in [1.54, 1.807) is 0 Å². The van der Waals surface area contributed by atoms with Gasteiger partial charge in [0.2, 0.25) is 5.13 Å². The van der Waals surface area contributed by atoms with Crippen LogP contribution in [0.15, 0.2) is 0 Å². The van der Waals surface area contributed by atoms with Crippen molar-refractivity contribution in [1.82, 2.24) is 15.5 Å². The number of hydrogen-bond donors (Lipinski definition) is 3. The predicted molar refractivity (Wildman–Crippen MR) is 74.8 cm³/mol. The van der Waals surface area contributed by atoms with Gasteiger partial charge < -0.3 is 10.4 Å². The van der Waals surface area contributed by atoms with Gasteiger partial charge in [0.1, 0.15) is 5.01 Å². The zero-order chi connectivity index (χ0) is 14.5. The monoisotopic (exact) mass is 298 g/mol. The smallest absolute Gasteiger partial charge is 0.321 e. The first-order chi connectivity index (χ1) is 9.60. The van der Waals surface area contributed by atoms with Crippen molar-refractivity contribution in [2.24, 2.45) is 11.8 Å². The minimum Gasteiger partial charge on any atom is -0.481 e. The van der Waals surface area contributed by atoms with Crippen molar-refractivity contribution in [2.75, 3.05) is 11.9 Å². The molecule has 1 saturated carbocycles. The summed E-state index contributed by atoms with van der Waals surface area (Å²) in [5.74, 6) is -1.10. The number of nitrogens with one attached hydrogen (secondary N) is 2. The molecule has 1 fully saturated rings. The molecule has 0 saturated heterocycles. The number of carbonyl (C=O) groups excluding carboxylic acids is 1. The molecule has 1 aliphatic carbocycles. The zero-order valence-electron chi connectivity index (χ0n) is 11.3. The molecule has 2 amide bonds. The Bertz CT molecular complexity index is 491. The first-order valence-electron chi connectivity index (χ1n) is 6.70. The van der Waals surface area contributed by atoms with E-state index in [9.17, 15) is 9.59 Å². The van der Waals surface area contributed by atoms with Crippen LogP contribution in [0.25, 0.3) is 0 Å². The zero-order valence-corrected chi connectivity index (χ0v) is 12.1. The fraction of sp³-hybridized carbons (Fsp3) is 0.667. The van der Waals surface area contributed by atoms with Gasteiger partial charge in [-0.1, -0.05) is 24.7 Å². The van der Waals surface area contributed by atoms with Crippen LogP contribution in [0.4, 0.5) is 9.93 Å². The number of carboxylic acid groups (broad SMARTS) is 1. The molecule has 1 aromatic heterocycles. The number of anilines is 1. The van der Waals surface area contributed by atoms with Crippen LogP contribution in [-0.4, -0.2) is 33.8 Å². The molecule has 0 aliphatic heterocycles. The number of amides is 2. The minimum atomic E-state index is -0.772. The highest BCUT2D eigenvalue weighted by molar-refractivity contribution is 7.15. The number of aromatic nitrogens is 2. The number of nitrogens with zero attached hydrogens (tertiary/aromatic N) is 2. The van der Waals surface area contributed by atoms with Gasteiger partial charge in [-0.2, -0.15) is 0 Å². The average molecular weight is 298 g/mol. The fourth-order valence-corrected chi connectivity index (χ4v) is 3.09. The van der Waals surface area contributed by atoms with Crippen molar-refractivity contribution in [3.05, 3.63) is 5.01 Å². The third-order valence-electron chi connectivity index (χ3n) is 3.49. The Morgan fingerprint density at radius 2 is 2.20 bits per heavy atom. The van der Waals surface area contributed by atoms with E-state index in [1.807, 2.05) is 6.92 Å². The summed E-state index contributed by atoms with van der Waals surface area (Å²) in [5, 5.41) is 23.5. The summed E-state index contributed by atoms with van der Waals surface area (Å²) in [7, 11) is 0. The average Bonchev–Trinajstić information content (AvgIpc) is 3.04. The van der Waals surface area contributed by atoms with E-state index in [2.05, 4.69) is 20.8 Å². The van der Waals surface area contributed by atoms with E-state index in [0.717, 1.165) is 24.3 Å². The summed E-state index contributed by atoms with van der Waals surface area (Å²) in [4.78, 5) is 22.8. The van der Waals surface area contributed by atoms with Crippen LogP contribution in [0.2, 0.25) is 0 Å². The van der Waals surface area contributed by atoms with Crippen LogP contribution in [-0.2, 0) is 11.2 Å². The van der Waals surface area contributed by atoms with Crippen LogP contribution in [0.3, 0.4) is 0 Å². The SMILES string of the molecule is CCc1nnc(NC(=O)NCC2CCCC2C(=O)O)s1. The number of urea groups is 1. The highest BCUT2D eigenvalue weighted by Gasteiger charge is 2.32. The maximum Gasteiger partial charge on any atom is 0.321 e. The summed E-state index contributed by atoms with van der Waals surface area (Å²) in [6.45, 7) is 2.35. The van der Waals surface area contributed by atoms with Crippen LogP contribution in [0, 0.1) is 11.8 Å². The highest BCUT2D eigenvalue weighted by atomic mass is 32.1. The number of aliphatic carboxylic acids is 1. The lowest BCUT2D eigenvalue weighted by molar-refractivity contribution is -0.142. The maximum atomic E-state index is 11.7. The van der Waals surface area contributed by atoms with Gasteiger partial charge in [-0.15, -0.1) is 10.2 Å². The summed E-state index contributed by atoms with van der Waals surface area (Å²) in [5.41, 5.74) is 0. The lowest BCUT2D eigenvalue weighted by Crippen LogP contribution is -2.35. The molecule has 2 unspecified atom stereocenters. The molecule has 20 heavy (non-hydrogen) atoms. The highest BCUT2D eigenvalue weighted by Crippen LogP contribution is 2.31. The Morgan fingerprint density at radius 1 is 1.40 bits per heavy atom. The van der Waals surface area contributed by atoms with E-state index in [0.29, 0.717) is 18.1 Å². The molecule has 7 nitrogen and oxygen atoms in total. The van der Waals surface area contributed by atoms with Crippen LogP contribution in [0.1, 0.15) is 31.2 Å². The first-order valence-corrected chi connectivity index (χ1v) is 7.51. The second kappa shape index (κ2) is 6.65. The van der Waals surface area contributed by atoms with Crippen LogP contribution in [0.5, 0.6) is 0 Å². The van der Waals surface area contributed by atoms with Gasteiger partial charge in [0.15, 0.2) is 0 Å². The van der Waals surface area contributed by atoms with Gasteiger partial charge >= 0.3 is 12.0 Å². The van der Waals surface area contributed by atoms with E-state index >= 15 is 0 Å². The molecule has 110 valence electrons. The van der Waals surface area contributed by atoms with Crippen molar-refractivity contribution in [1.29, 1.82) is 0 Å². The Balaban J connectivity index is 1.78. The minimum absolute atomic E-state index is 0.0128. The van der Waals surface area contributed by atoms with Gasteiger partial charge in [-0.3, -0.25) is 10.1 Å². The van der Waals surface area contributed by atoms with Gasteiger partial charge in [-0.25, -0.2) is 4.79 Å². The Kier molecular flexibility index (Phi) is 4.89. The topological polar surface area (TPSA) is 104 Å². The Labute approximate surface area is 120 Å². The molecular weight excluding hydrogens is 280 g/mol. The lowest BCUT2D eigenvalue weighted by atomic mass is 9.96. The molecule has 2 rings (SSSR count). The number of aryl methyl sites for hydroxylation is 1. The number of hydrogen-bond acceptors (Lipinski definition) is 5. The molecule has 2 atom stereocenters. The van der Waals surface area contributed by atoms with Crippen molar-refractivity contribution >= 4 is 28.5 Å². The number of carboxylic acids is 1. The molecular formula is C12H18N4O3S. The maximum absolute atomic E-state index is 11.7. The fourth-order valence-electron chi connectivity index (χ4n) is 2.42. The number of rotatable bonds is 5. The van der Waals surface area contributed by atoms with Crippen LogP contribution >= 0.6 is 11.3 Å². The van der Waals surface area contributed by atoms with E-state index in [-0.39, 0.29) is 17.9 Å². The molecule has 0 bridgehead atoms. The Morgan fingerprint density at radius 3 is 2.85 bits per heavy atom. The summed E-state index contributed by atoms with van der Waals surface area (Å²) in [6.07, 6.45) is 3.22. The molecule has 1 aliphatic rings. The molecule has 8 heteroatoms. The molecule has 1 heterocycles. The molecule has 0 radical (unpaired) electrons. The van der Waals surface area contributed by atoms with E-state index in [1.165, 1.54) is 11.3 Å². The summed E-state index contributed by atoms with van der Waals surface area (Å²) < 4.78 is 0. The normalized spacial score (nSPS) is 21.6. The third-order valence-corrected chi connectivity index (χ3v) is 4.47. The third kappa shape index (κ3) is 3.66. The largest absolute Gasteiger partial charge is 0.481 e. The molecule has 0 aromatic carbocycles. The summed E-state index contributed by atoms with van der Waals surface area (Å²) in [6, 6.07) is -0.361. The summed E-state index contributed by atoms with van der Waals surface area (Å²) >= 11 is 1.34. The molecule has 0 spiro atoms. The second-order valence-electron chi connectivity index (χ2n) is 4.83. The van der Waals surface area contributed by atoms with Gasteiger partial charge in [0.25, 0.3) is 0 Å². The van der Waals surface area contributed by atoms with Gasteiger partial charge in [0, 0.05) is 6.54 Å². The standard InChI is InChI=1S/C12H18N4O3S/c1-2-9-15-16-12(20-9)14-11(19)13-6-7-4-3-5-8(7)10(17)18/h7-8H,2-6H2,1H3,(H,17,18)(H2,13,14,16,19). The van der Waals surface area contributed by atoms with Gasteiger partial charge in [0.05, 0.1) is 5.92 Å². The van der Waals surface area contributed by atoms with E-state index in [4.69, 9.17) is 5.11 Å².